The minimum absolute atomic E-state index is 0.0488. The molecule has 1 heterocycles. The van der Waals surface area contributed by atoms with Crippen LogP contribution in [0.5, 0.6) is 0 Å². The first-order chi connectivity index (χ1) is 15.5. The lowest BCUT2D eigenvalue weighted by Gasteiger charge is -2.50. The van der Waals surface area contributed by atoms with Gasteiger partial charge in [0, 0.05) is 4.90 Å². The van der Waals surface area contributed by atoms with Gasteiger partial charge < -0.3 is 13.3 Å². The Balaban J connectivity index is 2.51. The first-order valence-corrected chi connectivity index (χ1v) is 16.5. The fourth-order valence-electron chi connectivity index (χ4n) is 3.41. The summed E-state index contributed by atoms with van der Waals surface area (Å²) in [7, 11) is -4.94. The number of benzene rings is 1. The molecule has 0 radical (unpaired) electrons. The number of amides is 1. The zero-order valence-corrected chi connectivity index (χ0v) is 23.9. The molecule has 0 aliphatic carbocycles. The van der Waals surface area contributed by atoms with Crippen LogP contribution in [0.4, 0.5) is 0 Å². The van der Waals surface area contributed by atoms with Crippen molar-refractivity contribution in [3.05, 3.63) is 41.8 Å². The summed E-state index contributed by atoms with van der Waals surface area (Å²) >= 11 is 1.40. The Kier molecular flexibility index (Phi) is 8.72. The van der Waals surface area contributed by atoms with Gasteiger partial charge in [0.15, 0.2) is 14.0 Å². The Morgan fingerprint density at radius 2 is 1.74 bits per heavy atom. The molecule has 0 bridgehead atoms. The smallest absolute Gasteiger partial charge is 0.358 e. The predicted molar refractivity (Wildman–Crippen MR) is 135 cm³/mol. The summed E-state index contributed by atoms with van der Waals surface area (Å²) in [5.41, 5.74) is -0.234. The molecule has 0 unspecified atom stereocenters. The topological polar surface area (TPSA) is 99.2 Å². The largest absolute Gasteiger partial charge is 0.464 e. The molecule has 190 valence electrons. The molecule has 0 spiro atoms. The van der Waals surface area contributed by atoms with Crippen molar-refractivity contribution in [2.24, 2.45) is 5.92 Å². The van der Waals surface area contributed by atoms with Crippen molar-refractivity contribution in [2.45, 2.75) is 69.1 Å². The minimum atomic E-state index is -3.92. The van der Waals surface area contributed by atoms with Crippen LogP contribution in [0, 0.1) is 5.92 Å². The average Bonchev–Trinajstić information content (AvgIpc) is 2.69. The number of allylic oxidation sites excluding steroid dienone is 1. The highest BCUT2D eigenvalue weighted by molar-refractivity contribution is 8.00. The first kappa shape index (κ1) is 28.4. The van der Waals surface area contributed by atoms with Gasteiger partial charge in [0.25, 0.3) is 0 Å². The number of likely N-dealkylation sites (tertiary alicyclic amines) is 1. The summed E-state index contributed by atoms with van der Waals surface area (Å²) < 4.78 is 39.8. The number of esters is 1. The Morgan fingerprint density at radius 1 is 1.18 bits per heavy atom. The third kappa shape index (κ3) is 6.44. The molecule has 2 rings (SSSR count). The van der Waals surface area contributed by atoms with Crippen LogP contribution in [0.2, 0.25) is 18.1 Å². The Labute approximate surface area is 208 Å². The van der Waals surface area contributed by atoms with Crippen LogP contribution in [0.1, 0.15) is 34.6 Å². The van der Waals surface area contributed by atoms with Gasteiger partial charge in [-0.25, -0.2) is 4.79 Å². The van der Waals surface area contributed by atoms with E-state index in [1.54, 1.807) is 0 Å². The summed E-state index contributed by atoms with van der Waals surface area (Å²) in [5.74, 6) is -1.98. The number of carbonyl (C=O) groups is 2. The molecule has 1 aromatic carbocycles. The molecule has 1 aliphatic heterocycles. The maximum Gasteiger partial charge on any atom is 0.358 e. The van der Waals surface area contributed by atoms with Gasteiger partial charge in [-0.05, 0) is 44.1 Å². The highest BCUT2D eigenvalue weighted by Crippen LogP contribution is 2.46. The highest BCUT2D eigenvalue weighted by Gasteiger charge is 2.56. The maximum atomic E-state index is 13.5. The second-order valence-corrected chi connectivity index (χ2v) is 17.3. The Hall–Kier alpha value is -1.82. The predicted octanol–water partition coefficient (Wildman–Crippen LogP) is 4.35. The molecule has 0 N–H and O–H groups in total. The molecule has 1 amide bonds. The third-order valence-corrected chi connectivity index (χ3v) is 12.5. The molecule has 0 saturated carbocycles. The van der Waals surface area contributed by atoms with Gasteiger partial charge in [-0.1, -0.05) is 50.7 Å². The van der Waals surface area contributed by atoms with Gasteiger partial charge in [0.05, 0.1) is 25.4 Å². The standard InChI is InChI=1S/C23H35NO7S2Si/c1-15(31-34(8,9)23(3,4)5)18-20(25)24(21(18)32-17-13-11-10-12-14-17)19(22(26)29-6)16(2)30-33(7,27)28/h10-15,18,21H,1-9H3/t15-,18+,21-/m1/s1. The summed E-state index contributed by atoms with van der Waals surface area (Å²) in [6.45, 7) is 13.8. The van der Waals surface area contributed by atoms with Gasteiger partial charge in [-0.15, -0.1) is 0 Å². The quantitative estimate of drug-likeness (QED) is 0.116. The normalized spacial score (nSPS) is 20.9. The van der Waals surface area contributed by atoms with Crippen molar-refractivity contribution in [3.63, 3.8) is 0 Å². The van der Waals surface area contributed by atoms with Crippen molar-refractivity contribution in [1.82, 2.24) is 4.90 Å². The van der Waals surface area contributed by atoms with Crippen LogP contribution in [-0.2, 0) is 33.1 Å². The summed E-state index contributed by atoms with van der Waals surface area (Å²) in [6.07, 6.45) is 0.457. The van der Waals surface area contributed by atoms with E-state index in [2.05, 4.69) is 33.9 Å². The van der Waals surface area contributed by atoms with Gasteiger partial charge in [0.1, 0.15) is 11.1 Å². The van der Waals surface area contributed by atoms with Gasteiger partial charge in [-0.3, -0.25) is 9.69 Å². The number of rotatable bonds is 9. The zero-order valence-electron chi connectivity index (χ0n) is 21.2. The van der Waals surface area contributed by atoms with Crippen molar-refractivity contribution >= 4 is 42.1 Å². The van der Waals surface area contributed by atoms with Crippen LogP contribution in [0.15, 0.2) is 46.7 Å². The number of β-lactam (4-membered cyclic amide) rings is 1. The van der Waals surface area contributed by atoms with Crippen LogP contribution in [0.3, 0.4) is 0 Å². The molecule has 34 heavy (non-hydrogen) atoms. The van der Waals surface area contributed by atoms with E-state index >= 15 is 0 Å². The van der Waals surface area contributed by atoms with Crippen molar-refractivity contribution < 1.29 is 31.4 Å². The number of methoxy groups -OCH3 is 1. The fraction of sp³-hybridized carbons (Fsp3) is 0.565. The van der Waals surface area contributed by atoms with Crippen LogP contribution >= 0.6 is 11.8 Å². The number of carbonyl (C=O) groups excluding carboxylic acids is 2. The minimum Gasteiger partial charge on any atom is -0.464 e. The van der Waals surface area contributed by atoms with E-state index in [9.17, 15) is 18.0 Å². The zero-order chi connectivity index (χ0) is 26.1. The molecule has 1 aliphatic rings. The number of thioether (sulfide) groups is 1. The second kappa shape index (κ2) is 10.4. The van der Waals surface area contributed by atoms with E-state index in [1.807, 2.05) is 37.3 Å². The number of hydrogen-bond donors (Lipinski definition) is 0. The Bertz CT molecular complexity index is 1050. The second-order valence-electron chi connectivity index (χ2n) is 9.82. The maximum absolute atomic E-state index is 13.5. The average molecular weight is 530 g/mol. The van der Waals surface area contributed by atoms with Crippen LogP contribution in [0.25, 0.3) is 0 Å². The lowest BCUT2D eigenvalue weighted by molar-refractivity contribution is -0.158. The van der Waals surface area contributed by atoms with Gasteiger partial charge in [-0.2, -0.15) is 8.42 Å². The Morgan fingerprint density at radius 3 is 2.21 bits per heavy atom. The third-order valence-electron chi connectivity index (χ3n) is 6.11. The van der Waals surface area contributed by atoms with Crippen LogP contribution < -0.4 is 0 Å². The molecule has 1 saturated heterocycles. The van der Waals surface area contributed by atoms with E-state index in [0.29, 0.717) is 0 Å². The molecule has 8 nitrogen and oxygen atoms in total. The van der Waals surface area contributed by atoms with Gasteiger partial charge >= 0.3 is 16.1 Å². The molecular weight excluding hydrogens is 494 g/mol. The molecule has 3 atom stereocenters. The van der Waals surface area contributed by atoms with Crippen molar-refractivity contribution in [1.29, 1.82) is 0 Å². The van der Waals surface area contributed by atoms with Gasteiger partial charge in [0.2, 0.25) is 5.91 Å². The SMILES string of the molecule is COC(=O)C(=C(C)OS(C)(=O)=O)N1C(=O)[C@H]([C@@H](C)O[Si](C)(C)C(C)(C)C)[C@H]1Sc1ccccc1. The van der Waals surface area contributed by atoms with E-state index in [1.165, 1.54) is 30.7 Å². The fourth-order valence-corrected chi connectivity index (χ4v) is 6.77. The first-order valence-electron chi connectivity index (χ1n) is 10.9. The lowest BCUT2D eigenvalue weighted by atomic mass is 9.92. The molecule has 1 aromatic rings. The van der Waals surface area contributed by atoms with E-state index < -0.39 is 41.8 Å². The van der Waals surface area contributed by atoms with Crippen molar-refractivity contribution in [2.75, 3.05) is 13.4 Å². The monoisotopic (exact) mass is 529 g/mol. The van der Waals surface area contributed by atoms with E-state index in [4.69, 9.17) is 13.3 Å². The summed E-state index contributed by atoms with van der Waals surface area (Å²) in [4.78, 5) is 28.3. The summed E-state index contributed by atoms with van der Waals surface area (Å²) in [5, 5.41) is -0.575. The summed E-state index contributed by atoms with van der Waals surface area (Å²) in [6, 6.07) is 9.46. The van der Waals surface area contributed by atoms with Crippen LogP contribution in [-0.4, -0.2) is 58.4 Å². The molecular formula is C23H35NO7S2Si. The highest BCUT2D eigenvalue weighted by atomic mass is 32.2. The molecule has 1 fully saturated rings. The van der Waals surface area contributed by atoms with E-state index in [-0.39, 0.29) is 22.4 Å². The lowest BCUT2D eigenvalue weighted by Crippen LogP contribution is -2.64. The van der Waals surface area contributed by atoms with Crippen molar-refractivity contribution in [3.8, 4) is 0 Å². The van der Waals surface area contributed by atoms with E-state index in [0.717, 1.165) is 11.2 Å². The molecule has 11 heteroatoms. The molecule has 0 aromatic heterocycles. The number of hydrogen-bond acceptors (Lipinski definition) is 8. The number of nitrogens with zero attached hydrogens (tertiary/aromatic N) is 1. The number of ether oxygens (including phenoxy) is 1.